The summed E-state index contributed by atoms with van der Waals surface area (Å²) in [5.41, 5.74) is 9.06. The molecule has 0 spiro atoms. The SMILES string of the molecule is CC1=C(C)C(C)C(c2ccccc2CN2CCCC2)=C1C.[Cl-].[Cl-].[Cr+2]. The minimum Gasteiger partial charge on any atom is -1.00 e. The van der Waals surface area contributed by atoms with E-state index in [0.717, 1.165) is 6.54 Å². The van der Waals surface area contributed by atoms with Gasteiger partial charge in [-0.15, -0.1) is 0 Å². The van der Waals surface area contributed by atoms with Crippen LogP contribution in [0.2, 0.25) is 0 Å². The molecule has 0 amide bonds. The Morgan fingerprint density at radius 2 is 1.54 bits per heavy atom. The van der Waals surface area contributed by atoms with Gasteiger partial charge in [-0.25, -0.2) is 0 Å². The Bertz CT molecular complexity index is 616. The summed E-state index contributed by atoms with van der Waals surface area (Å²) >= 11 is 0. The predicted octanol–water partition coefficient (Wildman–Crippen LogP) is -0.952. The molecule has 0 bridgehead atoms. The largest absolute Gasteiger partial charge is 2.00 e. The number of benzene rings is 1. The zero-order valence-electron chi connectivity index (χ0n) is 15.0. The number of likely N-dealkylation sites (tertiary alicyclic amines) is 1. The van der Waals surface area contributed by atoms with Crippen LogP contribution < -0.4 is 24.8 Å². The molecule has 4 heteroatoms. The number of allylic oxidation sites excluding steroid dienone is 4. The van der Waals surface area contributed by atoms with Gasteiger partial charge in [0.1, 0.15) is 0 Å². The maximum absolute atomic E-state index is 2.60. The molecule has 132 valence electrons. The van der Waals surface area contributed by atoms with E-state index in [0.29, 0.717) is 5.92 Å². The van der Waals surface area contributed by atoms with Crippen molar-refractivity contribution in [1.82, 2.24) is 4.90 Å². The second-order valence-electron chi connectivity index (χ2n) is 6.71. The topological polar surface area (TPSA) is 3.24 Å². The number of rotatable bonds is 3. The third-order valence-corrected chi connectivity index (χ3v) is 5.54. The Hall–Kier alpha value is -0.228. The molecule has 2 aliphatic rings. The number of nitrogens with zero attached hydrogens (tertiary/aromatic N) is 1. The van der Waals surface area contributed by atoms with Crippen molar-refractivity contribution < 1.29 is 42.2 Å². The maximum atomic E-state index is 2.60. The molecule has 0 N–H and O–H groups in total. The van der Waals surface area contributed by atoms with E-state index < -0.39 is 0 Å². The monoisotopic (exact) mass is 403 g/mol. The molecule has 3 rings (SSSR count). The van der Waals surface area contributed by atoms with E-state index in [1.807, 2.05) is 0 Å². The Kier molecular flexibility index (Phi) is 9.96. The number of hydrogen-bond donors (Lipinski definition) is 0. The van der Waals surface area contributed by atoms with Crippen molar-refractivity contribution in [1.29, 1.82) is 0 Å². The molecule has 1 aromatic rings. The van der Waals surface area contributed by atoms with Crippen LogP contribution in [0.1, 0.15) is 51.7 Å². The average Bonchev–Trinajstić information content (AvgIpc) is 3.05. The van der Waals surface area contributed by atoms with Crippen LogP contribution in [0.3, 0.4) is 0 Å². The van der Waals surface area contributed by atoms with Gasteiger partial charge in [-0.1, -0.05) is 36.8 Å². The predicted molar refractivity (Wildman–Crippen MR) is 91.1 cm³/mol. The van der Waals surface area contributed by atoms with E-state index in [-0.39, 0.29) is 42.2 Å². The van der Waals surface area contributed by atoms with Crippen molar-refractivity contribution in [3.63, 3.8) is 0 Å². The van der Waals surface area contributed by atoms with E-state index in [9.17, 15) is 0 Å². The van der Waals surface area contributed by atoms with Crippen molar-refractivity contribution in [2.75, 3.05) is 13.1 Å². The van der Waals surface area contributed by atoms with Gasteiger partial charge >= 0.3 is 17.4 Å². The molecule has 0 radical (unpaired) electrons. The van der Waals surface area contributed by atoms with Gasteiger partial charge in [0.25, 0.3) is 0 Å². The van der Waals surface area contributed by atoms with Gasteiger partial charge in [-0.3, -0.25) is 4.90 Å². The fourth-order valence-corrected chi connectivity index (χ4v) is 3.90. The first-order chi connectivity index (χ1) is 10.1. The zero-order chi connectivity index (χ0) is 15.0. The molecule has 1 fully saturated rings. The van der Waals surface area contributed by atoms with Crippen LogP contribution >= 0.6 is 0 Å². The van der Waals surface area contributed by atoms with Crippen LogP contribution in [0.5, 0.6) is 0 Å². The number of halogens is 2. The van der Waals surface area contributed by atoms with Crippen LogP contribution in [0, 0.1) is 5.92 Å². The minimum absolute atomic E-state index is 0. The molecular formula is C20H27Cl2CrN. The third-order valence-electron chi connectivity index (χ3n) is 5.54. The average molecular weight is 404 g/mol. The number of hydrogen-bond acceptors (Lipinski definition) is 1. The van der Waals surface area contributed by atoms with Crippen LogP contribution in [0.4, 0.5) is 0 Å². The van der Waals surface area contributed by atoms with Crippen molar-refractivity contribution in [2.24, 2.45) is 5.92 Å². The molecule has 1 unspecified atom stereocenters. The molecule has 1 aromatic carbocycles. The first-order valence-corrected chi connectivity index (χ1v) is 8.28. The van der Waals surface area contributed by atoms with Gasteiger partial charge in [0.15, 0.2) is 0 Å². The second-order valence-corrected chi connectivity index (χ2v) is 6.71. The van der Waals surface area contributed by atoms with Gasteiger partial charge in [0, 0.05) is 12.5 Å². The van der Waals surface area contributed by atoms with Crippen molar-refractivity contribution in [3.05, 3.63) is 52.1 Å². The molecule has 24 heavy (non-hydrogen) atoms. The molecule has 0 aromatic heterocycles. The normalized spacial score (nSPS) is 20.6. The molecule has 1 aliphatic heterocycles. The van der Waals surface area contributed by atoms with Crippen molar-refractivity contribution >= 4 is 5.57 Å². The molecular weight excluding hydrogens is 377 g/mol. The fourth-order valence-electron chi connectivity index (χ4n) is 3.90. The Balaban J connectivity index is 0.00000176. The van der Waals surface area contributed by atoms with Crippen LogP contribution in [0.15, 0.2) is 41.0 Å². The summed E-state index contributed by atoms with van der Waals surface area (Å²) < 4.78 is 0. The maximum Gasteiger partial charge on any atom is 2.00 e. The van der Waals surface area contributed by atoms with E-state index in [4.69, 9.17) is 0 Å². The van der Waals surface area contributed by atoms with E-state index >= 15 is 0 Å². The Labute approximate surface area is 170 Å². The van der Waals surface area contributed by atoms with Gasteiger partial charge < -0.3 is 24.8 Å². The zero-order valence-corrected chi connectivity index (χ0v) is 17.8. The fraction of sp³-hybridized carbons (Fsp3) is 0.500. The smallest absolute Gasteiger partial charge is 1.00 e. The van der Waals surface area contributed by atoms with E-state index in [2.05, 4.69) is 56.9 Å². The summed E-state index contributed by atoms with van der Waals surface area (Å²) in [6, 6.07) is 9.03. The first-order valence-electron chi connectivity index (χ1n) is 8.28. The summed E-state index contributed by atoms with van der Waals surface area (Å²) in [5, 5.41) is 0. The van der Waals surface area contributed by atoms with Gasteiger partial charge in [0.05, 0.1) is 0 Å². The molecule has 1 atom stereocenters. The molecule has 1 nitrogen and oxygen atoms in total. The van der Waals surface area contributed by atoms with E-state index in [1.54, 1.807) is 11.1 Å². The van der Waals surface area contributed by atoms with Gasteiger partial charge in [0.2, 0.25) is 0 Å². The Morgan fingerprint density at radius 3 is 2.08 bits per heavy atom. The standard InChI is InChI=1S/C20H27N.2ClH.Cr/c1-14-15(2)17(4)20(16(14)3)19-10-6-5-9-18(19)13-21-11-7-8-12-21;;;/h5-6,9-10,16H,7-8,11-13H2,1-4H3;2*1H;/q;;;+2/p-2. The van der Waals surface area contributed by atoms with Crippen LogP contribution in [-0.2, 0) is 23.9 Å². The van der Waals surface area contributed by atoms with Crippen LogP contribution in [-0.4, -0.2) is 18.0 Å². The van der Waals surface area contributed by atoms with Gasteiger partial charge in [-0.05, 0) is 74.5 Å². The summed E-state index contributed by atoms with van der Waals surface area (Å²) in [4.78, 5) is 2.60. The van der Waals surface area contributed by atoms with E-state index in [1.165, 1.54) is 48.2 Å². The molecule has 1 aliphatic carbocycles. The first kappa shape index (κ1) is 23.8. The van der Waals surface area contributed by atoms with Gasteiger partial charge in [-0.2, -0.15) is 0 Å². The Morgan fingerprint density at radius 1 is 0.958 bits per heavy atom. The molecule has 0 saturated carbocycles. The quantitative estimate of drug-likeness (QED) is 0.628. The van der Waals surface area contributed by atoms with Crippen molar-refractivity contribution in [3.8, 4) is 0 Å². The van der Waals surface area contributed by atoms with Crippen molar-refractivity contribution in [2.45, 2.75) is 47.1 Å². The van der Waals surface area contributed by atoms with Crippen LogP contribution in [0.25, 0.3) is 5.57 Å². The summed E-state index contributed by atoms with van der Waals surface area (Å²) in [6.45, 7) is 12.9. The molecule has 1 heterocycles. The summed E-state index contributed by atoms with van der Waals surface area (Å²) in [7, 11) is 0. The molecule has 1 saturated heterocycles. The summed E-state index contributed by atoms with van der Waals surface area (Å²) in [6.07, 6.45) is 2.72. The third kappa shape index (κ3) is 4.48. The summed E-state index contributed by atoms with van der Waals surface area (Å²) in [5.74, 6) is 0.560. The minimum atomic E-state index is 0. The second kappa shape index (κ2) is 10.1.